The molecule has 0 atom stereocenters. The normalized spacial score (nSPS) is 11.4. The molecule has 0 saturated heterocycles. The first-order valence-electron chi connectivity index (χ1n) is 5.08. The number of pyridine rings is 1. The van der Waals surface area contributed by atoms with Gasteiger partial charge < -0.3 is 5.73 Å². The predicted molar refractivity (Wildman–Crippen MR) is 65.8 cm³/mol. The van der Waals surface area contributed by atoms with Gasteiger partial charge in [0.15, 0.2) is 0 Å². The van der Waals surface area contributed by atoms with Crippen LogP contribution in [-0.2, 0) is 0 Å². The highest BCUT2D eigenvalue weighted by Crippen LogP contribution is 2.15. The van der Waals surface area contributed by atoms with Crippen molar-refractivity contribution >= 4 is 11.5 Å². The zero-order valence-corrected chi connectivity index (χ0v) is 9.09. The molecule has 0 aliphatic carbocycles. The van der Waals surface area contributed by atoms with Crippen LogP contribution in [0, 0.1) is 6.92 Å². The molecular weight excluding hydrogens is 198 g/mol. The van der Waals surface area contributed by atoms with Gasteiger partial charge in [0.25, 0.3) is 0 Å². The van der Waals surface area contributed by atoms with Crippen molar-refractivity contribution in [3.63, 3.8) is 0 Å². The lowest BCUT2D eigenvalue weighted by Crippen LogP contribution is -2.12. The molecule has 0 radical (unpaired) electrons. The van der Waals surface area contributed by atoms with E-state index < -0.39 is 0 Å². The first kappa shape index (κ1) is 10.4. The number of hydrogen-bond donors (Lipinski definition) is 1. The van der Waals surface area contributed by atoms with Gasteiger partial charge in [-0.2, -0.15) is 0 Å². The minimum atomic E-state index is 0.511. The summed E-state index contributed by atoms with van der Waals surface area (Å²) < 4.78 is 0. The van der Waals surface area contributed by atoms with Crippen molar-refractivity contribution in [1.29, 1.82) is 0 Å². The van der Waals surface area contributed by atoms with Crippen LogP contribution in [0.15, 0.2) is 53.7 Å². The Labute approximate surface area is 94.7 Å². The van der Waals surface area contributed by atoms with E-state index in [1.165, 1.54) is 0 Å². The number of aromatic nitrogens is 1. The van der Waals surface area contributed by atoms with Crippen LogP contribution >= 0.6 is 0 Å². The summed E-state index contributed by atoms with van der Waals surface area (Å²) in [5.41, 5.74) is 8.53. The highest BCUT2D eigenvalue weighted by molar-refractivity contribution is 5.99. The number of benzene rings is 1. The van der Waals surface area contributed by atoms with Crippen molar-refractivity contribution in [1.82, 2.24) is 4.98 Å². The molecule has 80 valence electrons. The highest BCUT2D eigenvalue weighted by Gasteiger charge is 1.99. The average Bonchev–Trinajstić information content (AvgIpc) is 2.33. The molecule has 2 N–H and O–H groups in total. The lowest BCUT2D eigenvalue weighted by molar-refractivity contribution is 1.18. The van der Waals surface area contributed by atoms with E-state index in [1.54, 1.807) is 6.20 Å². The first-order valence-corrected chi connectivity index (χ1v) is 5.08. The molecule has 0 aliphatic heterocycles. The number of amidine groups is 1. The molecule has 0 aliphatic rings. The lowest BCUT2D eigenvalue weighted by Gasteiger charge is -2.02. The number of hydrogen-bond acceptors (Lipinski definition) is 2. The van der Waals surface area contributed by atoms with Gasteiger partial charge in [0.05, 0.1) is 11.4 Å². The maximum atomic E-state index is 5.92. The summed E-state index contributed by atoms with van der Waals surface area (Å²) in [4.78, 5) is 8.52. The molecule has 16 heavy (non-hydrogen) atoms. The molecule has 0 bridgehead atoms. The summed E-state index contributed by atoms with van der Waals surface area (Å²) in [6.45, 7) is 1.91. The average molecular weight is 211 g/mol. The molecule has 0 spiro atoms. The summed E-state index contributed by atoms with van der Waals surface area (Å²) in [6, 6.07) is 13.4. The van der Waals surface area contributed by atoms with E-state index in [4.69, 9.17) is 5.73 Å². The van der Waals surface area contributed by atoms with Crippen molar-refractivity contribution in [2.75, 3.05) is 0 Å². The Morgan fingerprint density at radius 1 is 1.12 bits per heavy atom. The quantitative estimate of drug-likeness (QED) is 0.612. The number of aryl methyl sites for hydroxylation is 1. The fourth-order valence-corrected chi connectivity index (χ4v) is 1.40. The zero-order chi connectivity index (χ0) is 11.4. The Morgan fingerprint density at radius 2 is 1.88 bits per heavy atom. The van der Waals surface area contributed by atoms with E-state index in [2.05, 4.69) is 9.98 Å². The van der Waals surface area contributed by atoms with Crippen LogP contribution in [0.25, 0.3) is 0 Å². The van der Waals surface area contributed by atoms with Crippen LogP contribution in [-0.4, -0.2) is 10.8 Å². The summed E-state index contributed by atoms with van der Waals surface area (Å²) in [6.07, 6.45) is 1.74. The van der Waals surface area contributed by atoms with Crippen LogP contribution in [0.5, 0.6) is 0 Å². The molecule has 2 aromatic rings. The molecule has 3 heteroatoms. The van der Waals surface area contributed by atoms with Crippen molar-refractivity contribution in [3.8, 4) is 0 Å². The van der Waals surface area contributed by atoms with E-state index >= 15 is 0 Å². The van der Waals surface area contributed by atoms with Crippen LogP contribution < -0.4 is 5.73 Å². The maximum absolute atomic E-state index is 5.92. The van der Waals surface area contributed by atoms with Gasteiger partial charge in [0.1, 0.15) is 5.84 Å². The summed E-state index contributed by atoms with van der Waals surface area (Å²) >= 11 is 0. The van der Waals surface area contributed by atoms with Gasteiger partial charge >= 0.3 is 0 Å². The maximum Gasteiger partial charge on any atom is 0.131 e. The van der Waals surface area contributed by atoms with Crippen molar-refractivity contribution in [3.05, 3.63) is 59.9 Å². The zero-order valence-electron chi connectivity index (χ0n) is 9.09. The fourth-order valence-electron chi connectivity index (χ4n) is 1.40. The molecule has 1 aromatic heterocycles. The second-order valence-electron chi connectivity index (χ2n) is 3.47. The Kier molecular flexibility index (Phi) is 2.96. The van der Waals surface area contributed by atoms with Gasteiger partial charge in [0.2, 0.25) is 0 Å². The highest BCUT2D eigenvalue weighted by atomic mass is 14.9. The van der Waals surface area contributed by atoms with Gasteiger partial charge in [-0.1, -0.05) is 30.3 Å². The van der Waals surface area contributed by atoms with Gasteiger partial charge in [0, 0.05) is 11.8 Å². The van der Waals surface area contributed by atoms with E-state index in [-0.39, 0.29) is 0 Å². The third-order valence-electron chi connectivity index (χ3n) is 2.29. The lowest BCUT2D eigenvalue weighted by atomic mass is 10.2. The van der Waals surface area contributed by atoms with Gasteiger partial charge in [-0.3, -0.25) is 4.98 Å². The predicted octanol–water partition coefficient (Wildman–Crippen LogP) is 2.43. The van der Waals surface area contributed by atoms with Gasteiger partial charge in [-0.15, -0.1) is 0 Å². The molecule has 0 fully saturated rings. The van der Waals surface area contributed by atoms with E-state index in [1.807, 2.05) is 49.4 Å². The van der Waals surface area contributed by atoms with Gasteiger partial charge in [-0.25, -0.2) is 4.99 Å². The Balaban J connectivity index is 2.36. The SMILES string of the molecule is Cc1ncccc1N=C(N)c1ccccc1. The van der Waals surface area contributed by atoms with E-state index in [0.717, 1.165) is 16.9 Å². The minimum Gasteiger partial charge on any atom is -0.383 e. The third kappa shape index (κ3) is 2.25. The largest absolute Gasteiger partial charge is 0.383 e. The van der Waals surface area contributed by atoms with E-state index in [9.17, 15) is 0 Å². The van der Waals surface area contributed by atoms with Crippen LogP contribution in [0.4, 0.5) is 5.69 Å². The smallest absolute Gasteiger partial charge is 0.131 e. The number of nitrogens with zero attached hydrogens (tertiary/aromatic N) is 2. The second-order valence-corrected chi connectivity index (χ2v) is 3.47. The van der Waals surface area contributed by atoms with Crippen molar-refractivity contribution in [2.45, 2.75) is 6.92 Å². The standard InChI is InChI=1S/C13H13N3/c1-10-12(8-5-9-15-10)16-13(14)11-6-3-2-4-7-11/h2-9H,1H3,(H2,14,16). The molecule has 0 amide bonds. The second kappa shape index (κ2) is 4.57. The minimum absolute atomic E-state index is 0.511. The molecule has 1 aromatic carbocycles. The topological polar surface area (TPSA) is 51.3 Å². The number of nitrogens with two attached hydrogens (primary N) is 1. The molecule has 1 heterocycles. The molecule has 3 nitrogen and oxygen atoms in total. The summed E-state index contributed by atoms with van der Waals surface area (Å²) in [5.74, 6) is 0.511. The molecular formula is C13H13N3. The molecule has 0 saturated carbocycles. The van der Waals surface area contributed by atoms with Crippen LogP contribution in [0.1, 0.15) is 11.3 Å². The Hall–Kier alpha value is -2.16. The third-order valence-corrected chi connectivity index (χ3v) is 2.29. The Bertz CT molecular complexity index is 504. The summed E-state index contributed by atoms with van der Waals surface area (Å²) in [7, 11) is 0. The van der Waals surface area contributed by atoms with Gasteiger partial charge in [-0.05, 0) is 19.1 Å². The summed E-state index contributed by atoms with van der Waals surface area (Å²) in [5, 5.41) is 0. The fraction of sp³-hybridized carbons (Fsp3) is 0.0769. The van der Waals surface area contributed by atoms with Crippen molar-refractivity contribution < 1.29 is 0 Å². The van der Waals surface area contributed by atoms with Crippen LogP contribution in [0.3, 0.4) is 0 Å². The monoisotopic (exact) mass is 211 g/mol. The van der Waals surface area contributed by atoms with Crippen molar-refractivity contribution in [2.24, 2.45) is 10.7 Å². The number of aliphatic imine (C=N–C) groups is 1. The number of rotatable bonds is 2. The molecule has 0 unspecified atom stereocenters. The van der Waals surface area contributed by atoms with Crippen LogP contribution in [0.2, 0.25) is 0 Å². The Morgan fingerprint density at radius 3 is 2.56 bits per heavy atom. The van der Waals surface area contributed by atoms with E-state index in [0.29, 0.717) is 5.84 Å². The molecule has 2 rings (SSSR count). The first-order chi connectivity index (χ1) is 7.77.